The molecule has 0 saturated carbocycles. The van der Waals surface area contributed by atoms with Crippen molar-refractivity contribution in [2.45, 2.75) is 51.2 Å². The summed E-state index contributed by atoms with van der Waals surface area (Å²) in [7, 11) is 0. The minimum atomic E-state index is 0.196. The third-order valence-corrected chi connectivity index (χ3v) is 3.59. The summed E-state index contributed by atoms with van der Waals surface area (Å²) in [4.78, 5) is 0. The minimum absolute atomic E-state index is 0.196. The van der Waals surface area contributed by atoms with E-state index in [1.807, 2.05) is 6.07 Å². The highest BCUT2D eigenvalue weighted by Gasteiger charge is 2.30. The molecule has 2 unspecified atom stereocenters. The zero-order valence-corrected chi connectivity index (χ0v) is 11.2. The number of hydrogen-bond donors (Lipinski definition) is 0. The topological polar surface area (TPSA) is 9.23 Å². The number of ether oxygens (including phenoxy) is 1. The van der Waals surface area contributed by atoms with E-state index in [1.54, 1.807) is 0 Å². The van der Waals surface area contributed by atoms with E-state index in [0.29, 0.717) is 0 Å². The molecule has 1 aromatic rings. The Morgan fingerprint density at radius 1 is 1.28 bits per heavy atom. The van der Waals surface area contributed by atoms with Crippen molar-refractivity contribution in [3.05, 3.63) is 53.8 Å². The summed E-state index contributed by atoms with van der Waals surface area (Å²) in [6.45, 7) is 6.04. The molecule has 18 heavy (non-hydrogen) atoms. The van der Waals surface area contributed by atoms with E-state index in [9.17, 15) is 0 Å². The van der Waals surface area contributed by atoms with Gasteiger partial charge in [0.1, 0.15) is 0 Å². The van der Waals surface area contributed by atoms with E-state index < -0.39 is 0 Å². The monoisotopic (exact) mass is 242 g/mol. The number of rotatable bonds is 5. The minimum Gasteiger partial charge on any atom is -0.365 e. The van der Waals surface area contributed by atoms with Gasteiger partial charge in [-0.15, -0.1) is 5.73 Å². The van der Waals surface area contributed by atoms with Crippen LogP contribution in [0.3, 0.4) is 0 Å². The molecular weight excluding hydrogens is 220 g/mol. The average molecular weight is 242 g/mol. The molecule has 0 spiro atoms. The largest absolute Gasteiger partial charge is 0.365 e. The van der Waals surface area contributed by atoms with Gasteiger partial charge in [0.25, 0.3) is 0 Å². The van der Waals surface area contributed by atoms with Gasteiger partial charge in [-0.3, -0.25) is 0 Å². The van der Waals surface area contributed by atoms with Crippen molar-refractivity contribution in [1.29, 1.82) is 0 Å². The molecule has 1 aromatic carbocycles. The summed E-state index contributed by atoms with van der Waals surface area (Å²) in [5, 5.41) is 0. The Bertz CT molecular complexity index is 414. The van der Waals surface area contributed by atoms with Gasteiger partial charge in [0, 0.05) is 12.0 Å². The fourth-order valence-corrected chi connectivity index (χ4v) is 2.53. The summed E-state index contributed by atoms with van der Waals surface area (Å²) < 4.78 is 6.16. The van der Waals surface area contributed by atoms with Crippen LogP contribution < -0.4 is 0 Å². The number of benzene rings is 1. The van der Waals surface area contributed by atoms with E-state index in [-0.39, 0.29) is 12.2 Å². The normalized spacial score (nSPS) is 23.1. The van der Waals surface area contributed by atoms with Crippen molar-refractivity contribution >= 4 is 0 Å². The van der Waals surface area contributed by atoms with E-state index in [4.69, 9.17) is 4.74 Å². The number of unbranched alkanes of at least 4 members (excludes halogenated alkanes) is 2. The van der Waals surface area contributed by atoms with E-state index in [2.05, 4.69) is 43.5 Å². The zero-order chi connectivity index (χ0) is 12.8. The molecule has 1 fully saturated rings. The lowest BCUT2D eigenvalue weighted by molar-refractivity contribution is 0.0463. The maximum Gasteiger partial charge on any atom is 0.0877 e. The second kappa shape index (κ2) is 6.58. The third-order valence-electron chi connectivity index (χ3n) is 3.59. The van der Waals surface area contributed by atoms with Crippen LogP contribution >= 0.6 is 0 Å². The Hall–Kier alpha value is -1.30. The first-order chi connectivity index (χ1) is 8.85. The van der Waals surface area contributed by atoms with Gasteiger partial charge in [-0.1, -0.05) is 63.1 Å². The van der Waals surface area contributed by atoms with Crippen LogP contribution in [0.2, 0.25) is 0 Å². The fraction of sp³-hybridized carbons (Fsp3) is 0.471. The van der Waals surface area contributed by atoms with Crippen molar-refractivity contribution in [2.75, 3.05) is 0 Å². The maximum atomic E-state index is 6.16. The molecule has 1 aliphatic rings. The van der Waals surface area contributed by atoms with Crippen LogP contribution in [0, 0.1) is 0 Å². The fourth-order valence-electron chi connectivity index (χ4n) is 2.53. The smallest absolute Gasteiger partial charge is 0.0877 e. The first-order valence-corrected chi connectivity index (χ1v) is 6.94. The Morgan fingerprint density at radius 3 is 2.72 bits per heavy atom. The van der Waals surface area contributed by atoms with Gasteiger partial charge in [-0.05, 0) is 12.0 Å². The highest BCUT2D eigenvalue weighted by atomic mass is 16.5. The van der Waals surface area contributed by atoms with E-state index in [1.165, 1.54) is 30.4 Å². The quantitative estimate of drug-likeness (QED) is 0.532. The van der Waals surface area contributed by atoms with Crippen molar-refractivity contribution in [2.24, 2.45) is 0 Å². The maximum absolute atomic E-state index is 6.16. The van der Waals surface area contributed by atoms with Gasteiger partial charge < -0.3 is 4.74 Å². The summed E-state index contributed by atoms with van der Waals surface area (Å²) >= 11 is 0. The SMILES string of the molecule is C=C=C1CC(c2ccccc2)OC1CCCCC. The molecule has 96 valence electrons. The van der Waals surface area contributed by atoms with Crippen molar-refractivity contribution in [3.63, 3.8) is 0 Å². The first-order valence-electron chi connectivity index (χ1n) is 6.94. The van der Waals surface area contributed by atoms with Crippen molar-refractivity contribution < 1.29 is 4.74 Å². The predicted molar refractivity (Wildman–Crippen MR) is 75.5 cm³/mol. The summed E-state index contributed by atoms with van der Waals surface area (Å²) in [6, 6.07) is 10.5. The third kappa shape index (κ3) is 3.13. The molecule has 0 bridgehead atoms. The first kappa shape index (κ1) is 13.1. The van der Waals surface area contributed by atoms with E-state index in [0.717, 1.165) is 12.8 Å². The highest BCUT2D eigenvalue weighted by molar-refractivity contribution is 5.24. The van der Waals surface area contributed by atoms with Gasteiger partial charge in [-0.2, -0.15) is 0 Å². The van der Waals surface area contributed by atoms with Gasteiger partial charge in [0.05, 0.1) is 12.2 Å². The molecule has 1 heteroatoms. The summed E-state index contributed by atoms with van der Waals surface area (Å²) in [5.41, 5.74) is 5.60. The predicted octanol–water partition coefficient (Wildman–Crippen LogP) is 4.81. The lowest BCUT2D eigenvalue weighted by Gasteiger charge is -2.13. The molecule has 1 aliphatic heterocycles. The summed E-state index contributed by atoms with van der Waals surface area (Å²) in [6.07, 6.45) is 6.25. The molecule has 0 aromatic heterocycles. The Morgan fingerprint density at radius 2 is 2.06 bits per heavy atom. The Kier molecular flexibility index (Phi) is 4.81. The van der Waals surface area contributed by atoms with Gasteiger partial charge in [0.15, 0.2) is 0 Å². The van der Waals surface area contributed by atoms with Crippen LogP contribution in [0.15, 0.2) is 48.2 Å². The average Bonchev–Trinajstić information content (AvgIpc) is 2.83. The van der Waals surface area contributed by atoms with Gasteiger partial charge >= 0.3 is 0 Å². The Balaban J connectivity index is 2.00. The number of hydrogen-bond acceptors (Lipinski definition) is 1. The molecule has 0 aliphatic carbocycles. The van der Waals surface area contributed by atoms with Crippen LogP contribution in [-0.4, -0.2) is 6.10 Å². The van der Waals surface area contributed by atoms with Crippen LogP contribution in [0.25, 0.3) is 0 Å². The highest BCUT2D eigenvalue weighted by Crippen LogP contribution is 2.37. The second-order valence-electron chi connectivity index (χ2n) is 4.93. The Labute approximate surface area is 110 Å². The molecule has 1 heterocycles. The van der Waals surface area contributed by atoms with Crippen LogP contribution in [0.5, 0.6) is 0 Å². The van der Waals surface area contributed by atoms with Crippen LogP contribution in [-0.2, 0) is 4.74 Å². The van der Waals surface area contributed by atoms with Crippen LogP contribution in [0.1, 0.15) is 50.7 Å². The van der Waals surface area contributed by atoms with Gasteiger partial charge in [0.2, 0.25) is 0 Å². The molecule has 2 atom stereocenters. The molecule has 2 rings (SSSR count). The lowest BCUT2D eigenvalue weighted by atomic mass is 10.0. The van der Waals surface area contributed by atoms with Crippen molar-refractivity contribution in [1.82, 2.24) is 0 Å². The second-order valence-corrected chi connectivity index (χ2v) is 4.93. The van der Waals surface area contributed by atoms with E-state index >= 15 is 0 Å². The summed E-state index contributed by atoms with van der Waals surface area (Å²) in [5.74, 6) is 0. The van der Waals surface area contributed by atoms with Crippen molar-refractivity contribution in [3.8, 4) is 0 Å². The molecule has 1 nitrogen and oxygen atoms in total. The lowest BCUT2D eigenvalue weighted by Crippen LogP contribution is -2.07. The molecule has 0 radical (unpaired) electrons. The van der Waals surface area contributed by atoms with Crippen LogP contribution in [0.4, 0.5) is 0 Å². The van der Waals surface area contributed by atoms with Gasteiger partial charge in [-0.25, -0.2) is 0 Å². The standard InChI is InChI=1S/C17H22O/c1-3-5-7-12-16-14(4-2)13-17(18-16)15-10-8-6-9-11-15/h6,8-11,16-17H,2-3,5,7,12-13H2,1H3. The zero-order valence-electron chi connectivity index (χ0n) is 11.2. The molecule has 0 amide bonds. The molecule has 0 N–H and O–H groups in total. The molecule has 1 saturated heterocycles. The molecular formula is C17H22O.